The summed E-state index contributed by atoms with van der Waals surface area (Å²) in [5.74, 6) is 5.49. The van der Waals surface area contributed by atoms with E-state index in [9.17, 15) is 10.4 Å². The Labute approximate surface area is 165 Å². The molecule has 2 aliphatic heterocycles. The number of ether oxygens (including phenoxy) is 3. The summed E-state index contributed by atoms with van der Waals surface area (Å²) in [5, 5.41) is 26.0. The van der Waals surface area contributed by atoms with E-state index in [1.165, 1.54) is 21.5 Å². The van der Waals surface area contributed by atoms with Crippen LogP contribution in [0, 0.1) is 11.3 Å². The van der Waals surface area contributed by atoms with Crippen molar-refractivity contribution in [3.05, 3.63) is 5.69 Å². The van der Waals surface area contributed by atoms with Crippen molar-refractivity contribution in [1.82, 2.24) is 19.7 Å². The van der Waals surface area contributed by atoms with Crippen LogP contribution in [0.3, 0.4) is 0 Å². The average Bonchev–Trinajstić information content (AvgIpc) is 3.28. The highest BCUT2D eigenvalue weighted by Gasteiger charge is 2.56. The number of aliphatic hydroxyl groups excluding tert-OH is 1. The molecule has 2 saturated heterocycles. The number of nitriles is 1. The fraction of sp³-hybridized carbons (Fsp3) is 0.625. The van der Waals surface area contributed by atoms with Crippen molar-refractivity contribution < 1.29 is 19.3 Å². The lowest BCUT2D eigenvalue weighted by Crippen LogP contribution is -2.31. The van der Waals surface area contributed by atoms with Gasteiger partial charge < -0.3 is 19.3 Å². The van der Waals surface area contributed by atoms with Gasteiger partial charge in [-0.3, -0.25) is 5.01 Å². The number of anilines is 1. The van der Waals surface area contributed by atoms with Crippen LogP contribution < -0.4 is 10.9 Å². The molecule has 2 fully saturated rings. The topological polar surface area (TPSA) is 145 Å². The summed E-state index contributed by atoms with van der Waals surface area (Å²) >= 11 is 1.34. The van der Waals surface area contributed by atoms with Crippen molar-refractivity contribution in [3.8, 4) is 6.07 Å². The molecule has 11 nitrogen and oxygen atoms in total. The zero-order chi connectivity index (χ0) is 20.2. The van der Waals surface area contributed by atoms with Crippen LogP contribution >= 0.6 is 11.8 Å². The first-order chi connectivity index (χ1) is 13.3. The van der Waals surface area contributed by atoms with Crippen molar-refractivity contribution in [2.24, 2.45) is 5.84 Å². The first-order valence-electron chi connectivity index (χ1n) is 8.64. The molecule has 0 spiro atoms. The molecule has 0 saturated carbocycles. The SMILES string of the molecule is CSc1nc(N(C)N)c2c(C#N)nn([C@@H]3O[C@H](CO)[C@H]4OC(C)(C)O[C@H]43)c2n1. The molecule has 0 aliphatic carbocycles. The molecule has 4 rings (SSSR count). The van der Waals surface area contributed by atoms with Gasteiger partial charge in [0.15, 0.2) is 34.3 Å². The third kappa shape index (κ3) is 2.91. The number of thioether (sulfide) groups is 1. The van der Waals surface area contributed by atoms with Gasteiger partial charge >= 0.3 is 0 Å². The molecule has 4 heterocycles. The normalized spacial score (nSPS) is 28.5. The van der Waals surface area contributed by atoms with Crippen LogP contribution in [0.1, 0.15) is 25.8 Å². The summed E-state index contributed by atoms with van der Waals surface area (Å²) in [6, 6.07) is 2.07. The quantitative estimate of drug-likeness (QED) is 0.309. The molecule has 2 aromatic heterocycles. The summed E-state index contributed by atoms with van der Waals surface area (Å²) in [6.45, 7) is 3.37. The van der Waals surface area contributed by atoms with Gasteiger partial charge in [-0.1, -0.05) is 11.8 Å². The molecule has 150 valence electrons. The second kappa shape index (κ2) is 6.80. The number of hydrogen-bond donors (Lipinski definition) is 2. The molecular formula is C16H21N7O4S. The van der Waals surface area contributed by atoms with Crippen LogP contribution in [0.25, 0.3) is 11.0 Å². The van der Waals surface area contributed by atoms with Gasteiger partial charge in [0.2, 0.25) is 0 Å². The molecule has 0 unspecified atom stereocenters. The predicted octanol–water partition coefficient (Wildman–Crippen LogP) is 0.140. The molecule has 12 heteroatoms. The molecular weight excluding hydrogens is 386 g/mol. The summed E-state index contributed by atoms with van der Waals surface area (Å²) < 4.78 is 19.4. The molecule has 28 heavy (non-hydrogen) atoms. The monoisotopic (exact) mass is 407 g/mol. The largest absolute Gasteiger partial charge is 0.394 e. The van der Waals surface area contributed by atoms with Crippen LogP contribution in [0.5, 0.6) is 0 Å². The standard InChI is InChI=1S/C16H21N7O4S/c1-16(2)26-10-8(6-24)25-14(11(10)27-16)23-13-9(7(5-17)21-23)12(22(3)18)19-15(20-13)28-4/h8,10-11,14,24H,6,18H2,1-4H3/t8-,10-,11-,14-/m1/s1. The fourth-order valence-corrected chi connectivity index (χ4v) is 3.96. The maximum absolute atomic E-state index is 9.72. The highest BCUT2D eigenvalue weighted by atomic mass is 32.2. The Morgan fingerprint density at radius 2 is 2.07 bits per heavy atom. The molecule has 0 radical (unpaired) electrons. The Morgan fingerprint density at radius 1 is 1.36 bits per heavy atom. The van der Waals surface area contributed by atoms with E-state index >= 15 is 0 Å². The fourth-order valence-electron chi connectivity index (χ4n) is 3.61. The number of nitrogens with zero attached hydrogens (tertiary/aromatic N) is 6. The van der Waals surface area contributed by atoms with E-state index < -0.39 is 30.3 Å². The lowest BCUT2D eigenvalue weighted by Gasteiger charge is -2.23. The van der Waals surface area contributed by atoms with Crippen LogP contribution in [0.15, 0.2) is 5.16 Å². The Kier molecular flexibility index (Phi) is 4.69. The van der Waals surface area contributed by atoms with Crippen molar-refractivity contribution in [3.63, 3.8) is 0 Å². The summed E-state index contributed by atoms with van der Waals surface area (Å²) in [6.07, 6.45) is -0.454. The number of nitrogens with two attached hydrogens (primary N) is 1. The van der Waals surface area contributed by atoms with Gasteiger partial charge in [0.25, 0.3) is 0 Å². The van der Waals surface area contributed by atoms with Gasteiger partial charge in [0, 0.05) is 7.05 Å². The van der Waals surface area contributed by atoms with Gasteiger partial charge in [0.05, 0.1) is 6.61 Å². The third-order valence-electron chi connectivity index (χ3n) is 4.68. The number of fused-ring (bicyclic) bond motifs is 2. The number of rotatable bonds is 4. The van der Waals surface area contributed by atoms with E-state index in [0.717, 1.165) is 0 Å². The lowest BCUT2D eigenvalue weighted by atomic mass is 10.1. The van der Waals surface area contributed by atoms with E-state index in [0.29, 0.717) is 22.0 Å². The molecule has 0 amide bonds. The maximum Gasteiger partial charge on any atom is 0.191 e. The predicted molar refractivity (Wildman–Crippen MR) is 99.2 cm³/mol. The minimum atomic E-state index is -0.826. The lowest BCUT2D eigenvalue weighted by molar-refractivity contribution is -0.201. The van der Waals surface area contributed by atoms with E-state index in [-0.39, 0.29) is 12.3 Å². The van der Waals surface area contributed by atoms with E-state index in [1.54, 1.807) is 20.9 Å². The molecule has 3 N–H and O–H groups in total. The number of hydrazine groups is 1. The molecule has 2 aromatic rings. The minimum Gasteiger partial charge on any atom is -0.394 e. The van der Waals surface area contributed by atoms with Gasteiger partial charge in [-0.25, -0.2) is 20.5 Å². The second-order valence-corrected chi connectivity index (χ2v) is 7.83. The maximum atomic E-state index is 9.72. The van der Waals surface area contributed by atoms with Gasteiger partial charge in [-0.15, -0.1) is 0 Å². The summed E-state index contributed by atoms with van der Waals surface area (Å²) in [4.78, 5) is 8.93. The molecule has 0 bridgehead atoms. The number of aromatic nitrogens is 4. The first kappa shape index (κ1) is 19.3. The van der Waals surface area contributed by atoms with Crippen LogP contribution in [0.2, 0.25) is 0 Å². The highest BCUT2D eigenvalue weighted by Crippen LogP contribution is 2.44. The van der Waals surface area contributed by atoms with Crippen molar-refractivity contribution >= 4 is 28.6 Å². The molecule has 0 aromatic carbocycles. The summed E-state index contributed by atoms with van der Waals surface area (Å²) in [5.41, 5.74) is 0.527. The zero-order valence-electron chi connectivity index (χ0n) is 15.9. The van der Waals surface area contributed by atoms with Crippen molar-refractivity contribution in [2.45, 2.75) is 49.3 Å². The Balaban J connectivity index is 1.90. The van der Waals surface area contributed by atoms with Gasteiger partial charge in [0.1, 0.15) is 29.8 Å². The third-order valence-corrected chi connectivity index (χ3v) is 5.23. The van der Waals surface area contributed by atoms with E-state index in [2.05, 4.69) is 21.1 Å². The molecule has 4 atom stereocenters. The van der Waals surface area contributed by atoms with Gasteiger partial charge in [-0.2, -0.15) is 10.4 Å². The Bertz CT molecular complexity index is 957. The van der Waals surface area contributed by atoms with Crippen molar-refractivity contribution in [1.29, 1.82) is 5.26 Å². The Morgan fingerprint density at radius 3 is 2.68 bits per heavy atom. The van der Waals surface area contributed by atoms with Crippen LogP contribution in [-0.4, -0.2) is 68.9 Å². The summed E-state index contributed by atoms with van der Waals surface area (Å²) in [7, 11) is 1.63. The number of aliphatic hydroxyl groups is 1. The van der Waals surface area contributed by atoms with Gasteiger partial charge in [-0.05, 0) is 20.1 Å². The number of hydrogen-bond acceptors (Lipinski definition) is 11. The van der Waals surface area contributed by atoms with Crippen LogP contribution in [0.4, 0.5) is 5.82 Å². The smallest absolute Gasteiger partial charge is 0.191 e. The zero-order valence-corrected chi connectivity index (χ0v) is 16.7. The minimum absolute atomic E-state index is 0.126. The molecule has 2 aliphatic rings. The first-order valence-corrected chi connectivity index (χ1v) is 9.87. The van der Waals surface area contributed by atoms with E-state index in [1.807, 2.05) is 6.26 Å². The van der Waals surface area contributed by atoms with Crippen LogP contribution in [-0.2, 0) is 14.2 Å². The Hall–Kier alpha value is -2.01. The second-order valence-electron chi connectivity index (χ2n) is 7.06. The van der Waals surface area contributed by atoms with Crippen molar-refractivity contribution in [2.75, 3.05) is 24.9 Å². The highest BCUT2D eigenvalue weighted by molar-refractivity contribution is 7.98. The van der Waals surface area contributed by atoms with E-state index in [4.69, 9.17) is 20.1 Å². The average molecular weight is 407 g/mol.